The molecule has 0 saturated carbocycles. The fourth-order valence-electron chi connectivity index (χ4n) is 4.33. The van der Waals surface area contributed by atoms with Crippen LogP contribution in [-0.2, 0) is 16.1 Å². The van der Waals surface area contributed by atoms with Gasteiger partial charge in [-0.25, -0.2) is 4.79 Å². The molecule has 0 heterocycles. The highest BCUT2D eigenvalue weighted by Gasteiger charge is 2.25. The second kappa shape index (κ2) is 14.4. The van der Waals surface area contributed by atoms with Crippen LogP contribution in [0.25, 0.3) is 17.2 Å². The topological polar surface area (TPSA) is 71.0 Å². The molecule has 1 atom stereocenters. The highest BCUT2D eigenvalue weighted by molar-refractivity contribution is 5.78. The maximum absolute atomic E-state index is 12.1. The van der Waals surface area contributed by atoms with Gasteiger partial charge in [-0.2, -0.15) is 0 Å². The zero-order valence-electron chi connectivity index (χ0n) is 22.1. The molecule has 0 aromatic heterocycles. The molecule has 6 heteroatoms. The number of aliphatic carboxylic acids is 1. The minimum atomic E-state index is -0.844. The smallest absolute Gasteiger partial charge is 0.326 e. The maximum atomic E-state index is 12.1. The molecule has 6 nitrogen and oxygen atoms in total. The van der Waals surface area contributed by atoms with Crippen LogP contribution in [0.5, 0.6) is 5.75 Å². The van der Waals surface area contributed by atoms with Crippen LogP contribution in [0, 0.1) is 0 Å². The summed E-state index contributed by atoms with van der Waals surface area (Å²) in [5, 5.41) is 9.88. The van der Waals surface area contributed by atoms with Crippen molar-refractivity contribution in [2.75, 3.05) is 24.7 Å². The Morgan fingerprint density at radius 2 is 1.49 bits per heavy atom. The number of hydrogen-bond acceptors (Lipinski definition) is 5. The number of hydrogen-bond donors (Lipinski definition) is 2. The number of ether oxygens (including phenoxy) is 1. The van der Waals surface area contributed by atoms with Gasteiger partial charge in [-0.05, 0) is 59.5 Å². The summed E-state index contributed by atoms with van der Waals surface area (Å²) >= 11 is 0. The van der Waals surface area contributed by atoms with Crippen LogP contribution in [-0.4, -0.2) is 36.9 Å². The number of carboxylic acids is 1. The van der Waals surface area contributed by atoms with Crippen molar-refractivity contribution < 1.29 is 19.5 Å². The minimum absolute atomic E-state index is 0.364. The normalized spacial score (nSPS) is 11.7. The van der Waals surface area contributed by atoms with Crippen LogP contribution in [0.4, 0.5) is 5.69 Å². The molecule has 4 aromatic carbocycles. The van der Waals surface area contributed by atoms with Crippen molar-refractivity contribution in [1.29, 1.82) is 0 Å². The average Bonchev–Trinajstić information content (AvgIpc) is 2.98. The lowest BCUT2D eigenvalue weighted by Gasteiger charge is -2.30. The van der Waals surface area contributed by atoms with E-state index in [4.69, 9.17) is 9.57 Å². The quantitative estimate of drug-likeness (QED) is 0.147. The number of hydroxylamine groups is 1. The van der Waals surface area contributed by atoms with E-state index < -0.39 is 12.0 Å². The molecule has 0 aliphatic carbocycles. The monoisotopic (exact) mass is 522 g/mol. The Labute approximate surface area is 230 Å². The van der Waals surface area contributed by atoms with Gasteiger partial charge in [0.05, 0.1) is 0 Å². The van der Waals surface area contributed by atoms with Gasteiger partial charge < -0.3 is 14.7 Å². The standard InChI is InChI=1S/C33H34N2O4/c1-2-35(30-11-7-4-8-12-30)32(33(36)37)25-27-15-19-31(20-16-27)38-23-24-39-34-22-21-26-13-17-29(18-14-26)28-9-5-3-6-10-28/h3-22,32,34H,2,23-25H2,1H3,(H,36,37). The first-order valence-electron chi connectivity index (χ1n) is 13.1. The van der Waals surface area contributed by atoms with E-state index in [1.165, 1.54) is 11.1 Å². The van der Waals surface area contributed by atoms with E-state index >= 15 is 0 Å². The Morgan fingerprint density at radius 1 is 0.846 bits per heavy atom. The van der Waals surface area contributed by atoms with Crippen molar-refractivity contribution in [2.24, 2.45) is 0 Å². The van der Waals surface area contributed by atoms with E-state index in [0.717, 1.165) is 16.8 Å². The van der Waals surface area contributed by atoms with Crippen LogP contribution in [0.3, 0.4) is 0 Å². The summed E-state index contributed by atoms with van der Waals surface area (Å²) in [7, 11) is 0. The SMILES string of the molecule is CCN(c1ccccc1)C(Cc1ccc(OCCONC=Cc2ccc(-c3ccccc3)cc2)cc1)C(=O)O. The molecule has 0 bridgehead atoms. The zero-order chi connectivity index (χ0) is 27.3. The molecule has 0 saturated heterocycles. The van der Waals surface area contributed by atoms with Gasteiger partial charge in [-0.15, -0.1) is 0 Å². The van der Waals surface area contributed by atoms with E-state index in [0.29, 0.717) is 31.9 Å². The van der Waals surface area contributed by atoms with Gasteiger partial charge in [0.25, 0.3) is 0 Å². The molecule has 0 fully saturated rings. The van der Waals surface area contributed by atoms with Crippen LogP contribution < -0.4 is 15.1 Å². The molecule has 0 spiro atoms. The van der Waals surface area contributed by atoms with E-state index in [1.807, 2.05) is 90.7 Å². The third-order valence-electron chi connectivity index (χ3n) is 6.34. The van der Waals surface area contributed by atoms with Crippen molar-refractivity contribution in [2.45, 2.75) is 19.4 Å². The second-order valence-corrected chi connectivity index (χ2v) is 8.96. The highest BCUT2D eigenvalue weighted by Crippen LogP contribution is 2.21. The van der Waals surface area contributed by atoms with E-state index in [9.17, 15) is 9.90 Å². The molecule has 4 rings (SSSR count). The highest BCUT2D eigenvalue weighted by atomic mass is 16.7. The van der Waals surface area contributed by atoms with Gasteiger partial charge in [-0.1, -0.05) is 84.9 Å². The fourth-order valence-corrected chi connectivity index (χ4v) is 4.33. The van der Waals surface area contributed by atoms with Gasteiger partial charge >= 0.3 is 5.97 Å². The number of benzene rings is 4. The Hall–Kier alpha value is -4.55. The second-order valence-electron chi connectivity index (χ2n) is 8.96. The lowest BCUT2D eigenvalue weighted by molar-refractivity contribution is -0.138. The maximum Gasteiger partial charge on any atom is 0.326 e. The molecule has 0 aliphatic rings. The molecule has 0 amide bonds. The Morgan fingerprint density at radius 3 is 2.13 bits per heavy atom. The lowest BCUT2D eigenvalue weighted by atomic mass is 10.0. The molecule has 0 radical (unpaired) electrons. The van der Waals surface area contributed by atoms with Gasteiger partial charge in [-0.3, -0.25) is 10.3 Å². The van der Waals surface area contributed by atoms with Crippen LogP contribution in [0.2, 0.25) is 0 Å². The Bertz CT molecular complexity index is 1310. The molecule has 39 heavy (non-hydrogen) atoms. The molecule has 1 unspecified atom stereocenters. The number of rotatable bonds is 14. The summed E-state index contributed by atoms with van der Waals surface area (Å²) in [4.78, 5) is 19.4. The molecule has 0 aliphatic heterocycles. The number of carboxylic acid groups (broad SMARTS) is 1. The molecular weight excluding hydrogens is 488 g/mol. The minimum Gasteiger partial charge on any atom is -0.491 e. The van der Waals surface area contributed by atoms with Crippen molar-refractivity contribution in [3.8, 4) is 16.9 Å². The lowest BCUT2D eigenvalue weighted by Crippen LogP contribution is -2.42. The molecule has 4 aromatic rings. The van der Waals surface area contributed by atoms with E-state index in [-0.39, 0.29) is 0 Å². The average molecular weight is 523 g/mol. The fraction of sp³-hybridized carbons (Fsp3) is 0.182. The van der Waals surface area contributed by atoms with Crippen molar-refractivity contribution in [3.05, 3.63) is 127 Å². The predicted molar refractivity (Wildman–Crippen MR) is 157 cm³/mol. The summed E-state index contributed by atoms with van der Waals surface area (Å²) < 4.78 is 5.76. The van der Waals surface area contributed by atoms with Gasteiger partial charge in [0.1, 0.15) is 25.0 Å². The van der Waals surface area contributed by atoms with Gasteiger partial charge in [0, 0.05) is 24.9 Å². The van der Waals surface area contributed by atoms with Crippen molar-refractivity contribution >= 4 is 17.7 Å². The summed E-state index contributed by atoms with van der Waals surface area (Å²) in [5.41, 5.74) is 8.09. The van der Waals surface area contributed by atoms with Crippen molar-refractivity contribution in [3.63, 3.8) is 0 Å². The summed E-state index contributed by atoms with van der Waals surface area (Å²) in [5.74, 6) is -0.136. The van der Waals surface area contributed by atoms with Crippen LogP contribution in [0.15, 0.2) is 115 Å². The van der Waals surface area contributed by atoms with E-state index in [2.05, 4.69) is 41.9 Å². The summed E-state index contributed by atoms with van der Waals surface area (Å²) in [6.45, 7) is 3.31. The zero-order valence-corrected chi connectivity index (χ0v) is 22.1. The first kappa shape index (κ1) is 27.5. The molecular formula is C33H34N2O4. The number of nitrogens with one attached hydrogen (secondary N) is 1. The van der Waals surface area contributed by atoms with Crippen LogP contribution in [0.1, 0.15) is 18.1 Å². The first-order valence-corrected chi connectivity index (χ1v) is 13.1. The number of carbonyl (C=O) groups is 1. The third-order valence-corrected chi connectivity index (χ3v) is 6.34. The first-order chi connectivity index (χ1) is 19.1. The summed E-state index contributed by atoms with van der Waals surface area (Å²) in [6, 6.07) is 35.1. The number of likely N-dealkylation sites (N-methyl/N-ethyl adjacent to an activating group) is 1. The Kier molecular flexibility index (Phi) is 10.2. The number of nitrogens with zero attached hydrogens (tertiary/aromatic N) is 1. The molecule has 200 valence electrons. The van der Waals surface area contributed by atoms with Crippen LogP contribution >= 0.6 is 0 Å². The van der Waals surface area contributed by atoms with E-state index in [1.54, 1.807) is 6.20 Å². The predicted octanol–water partition coefficient (Wildman–Crippen LogP) is 6.45. The molecule has 2 N–H and O–H groups in total. The van der Waals surface area contributed by atoms with Gasteiger partial charge in [0.15, 0.2) is 0 Å². The van der Waals surface area contributed by atoms with Gasteiger partial charge in [0.2, 0.25) is 0 Å². The number of anilines is 1. The number of para-hydroxylation sites is 1. The third kappa shape index (κ3) is 8.22. The Balaban J connectivity index is 1.18. The largest absolute Gasteiger partial charge is 0.491 e. The van der Waals surface area contributed by atoms with Crippen molar-refractivity contribution in [1.82, 2.24) is 5.48 Å². The summed E-state index contributed by atoms with van der Waals surface area (Å²) in [6.07, 6.45) is 4.09.